The number of para-hydroxylation sites is 1. The van der Waals surface area contributed by atoms with Crippen LogP contribution in [0.2, 0.25) is 0 Å². The average molecular weight is 267 g/mol. The number of nitrogens with zero attached hydrogens (tertiary/aromatic N) is 3. The van der Waals surface area contributed by atoms with Gasteiger partial charge in [-0.05, 0) is 19.1 Å². The third-order valence-corrected chi connectivity index (χ3v) is 2.97. The highest BCUT2D eigenvalue weighted by atomic mass is 16.5. The maximum atomic E-state index is 12.0. The van der Waals surface area contributed by atoms with Crippen molar-refractivity contribution in [3.8, 4) is 5.75 Å². The lowest BCUT2D eigenvalue weighted by Crippen LogP contribution is -2.07. The number of hydrogen-bond acceptors (Lipinski definition) is 4. The first-order valence-corrected chi connectivity index (χ1v) is 6.35. The van der Waals surface area contributed by atoms with Crippen LogP contribution in [0, 0.1) is 0 Å². The Morgan fingerprint density at radius 2 is 2.15 bits per heavy atom. The van der Waals surface area contributed by atoms with Gasteiger partial charge in [0.05, 0.1) is 23.5 Å². The highest BCUT2D eigenvalue weighted by molar-refractivity contribution is 5.91. The summed E-state index contributed by atoms with van der Waals surface area (Å²) in [7, 11) is 0. The van der Waals surface area contributed by atoms with E-state index in [2.05, 4.69) is 10.1 Å². The van der Waals surface area contributed by atoms with Gasteiger partial charge in [0.25, 0.3) is 0 Å². The van der Waals surface area contributed by atoms with Crippen molar-refractivity contribution in [2.24, 2.45) is 0 Å². The van der Waals surface area contributed by atoms with Crippen LogP contribution in [-0.4, -0.2) is 20.7 Å². The van der Waals surface area contributed by atoms with Crippen LogP contribution in [0.4, 0.5) is 0 Å². The van der Waals surface area contributed by atoms with E-state index in [0.717, 1.165) is 10.9 Å². The van der Waals surface area contributed by atoms with Gasteiger partial charge in [0.1, 0.15) is 5.75 Å². The summed E-state index contributed by atoms with van der Waals surface area (Å²) in [5.41, 5.74) is 1.30. The number of esters is 1. The topological polar surface area (TPSA) is 57.0 Å². The smallest absolute Gasteiger partial charge is 0.346 e. The lowest BCUT2D eigenvalue weighted by atomic mass is 10.2. The molecule has 0 aliphatic carbocycles. The fourth-order valence-corrected chi connectivity index (χ4v) is 1.91. The Hall–Kier alpha value is -2.69. The molecule has 0 saturated carbocycles. The zero-order chi connectivity index (χ0) is 13.9. The zero-order valence-corrected chi connectivity index (χ0v) is 11.0. The minimum Gasteiger partial charge on any atom is -0.421 e. The van der Waals surface area contributed by atoms with Crippen LogP contribution in [0.5, 0.6) is 5.75 Å². The molecule has 2 aromatic heterocycles. The Morgan fingerprint density at radius 1 is 1.30 bits per heavy atom. The van der Waals surface area contributed by atoms with E-state index in [1.54, 1.807) is 23.1 Å². The molecule has 0 aliphatic heterocycles. The highest BCUT2D eigenvalue weighted by Gasteiger charge is 2.11. The second-order valence-corrected chi connectivity index (χ2v) is 4.34. The minimum atomic E-state index is -0.429. The molecule has 5 heteroatoms. The molecule has 0 fully saturated rings. The van der Waals surface area contributed by atoms with Crippen molar-refractivity contribution in [3.05, 3.63) is 54.5 Å². The van der Waals surface area contributed by atoms with Crippen LogP contribution < -0.4 is 4.74 Å². The molecule has 0 saturated heterocycles. The maximum absolute atomic E-state index is 12.0. The predicted molar refractivity (Wildman–Crippen MR) is 74.6 cm³/mol. The molecule has 0 spiro atoms. The Morgan fingerprint density at radius 3 is 2.95 bits per heavy atom. The largest absolute Gasteiger partial charge is 0.421 e. The van der Waals surface area contributed by atoms with Gasteiger partial charge in [-0.25, -0.2) is 4.79 Å². The predicted octanol–water partition coefficient (Wildman–Crippen LogP) is 2.67. The first-order chi connectivity index (χ1) is 9.76. The van der Waals surface area contributed by atoms with Gasteiger partial charge in [-0.15, -0.1) is 0 Å². The van der Waals surface area contributed by atoms with Crippen LogP contribution in [0.25, 0.3) is 10.9 Å². The van der Waals surface area contributed by atoms with Gasteiger partial charge >= 0.3 is 5.97 Å². The van der Waals surface area contributed by atoms with E-state index < -0.39 is 5.97 Å². The van der Waals surface area contributed by atoms with E-state index in [-0.39, 0.29) is 0 Å². The summed E-state index contributed by atoms with van der Waals surface area (Å²) in [6.07, 6.45) is 4.71. The normalized spacial score (nSPS) is 10.7. The quantitative estimate of drug-likeness (QED) is 0.684. The van der Waals surface area contributed by atoms with Gasteiger partial charge < -0.3 is 4.74 Å². The number of ether oxygens (including phenoxy) is 1. The standard InChI is InChI=1S/C15H13N3O2/c1-2-18-10-12(8-17-18)15(19)20-13-7-11-5-3-4-6-14(11)16-9-13/h3-10H,2H2,1H3. The molecule has 0 aliphatic rings. The SMILES string of the molecule is CCn1cc(C(=O)Oc2cnc3ccccc3c2)cn1. The zero-order valence-electron chi connectivity index (χ0n) is 11.0. The summed E-state index contributed by atoms with van der Waals surface area (Å²) < 4.78 is 6.99. The van der Waals surface area contributed by atoms with Gasteiger partial charge in [0, 0.05) is 18.1 Å². The molecule has 0 amide bonds. The summed E-state index contributed by atoms with van der Waals surface area (Å²) in [6, 6.07) is 9.46. The Labute approximate surface area is 115 Å². The van der Waals surface area contributed by atoms with E-state index in [1.807, 2.05) is 31.2 Å². The summed E-state index contributed by atoms with van der Waals surface area (Å²) in [5.74, 6) is -0.000250. The lowest BCUT2D eigenvalue weighted by molar-refractivity contribution is 0.0734. The van der Waals surface area contributed by atoms with E-state index in [9.17, 15) is 4.79 Å². The molecular formula is C15H13N3O2. The summed E-state index contributed by atoms with van der Waals surface area (Å²) in [5, 5.41) is 4.98. The Kier molecular flexibility index (Phi) is 3.16. The summed E-state index contributed by atoms with van der Waals surface area (Å²) in [6.45, 7) is 2.67. The van der Waals surface area contributed by atoms with Crippen LogP contribution >= 0.6 is 0 Å². The average Bonchev–Trinajstić information content (AvgIpc) is 2.96. The third kappa shape index (κ3) is 2.38. The van der Waals surface area contributed by atoms with Crippen molar-refractivity contribution in [3.63, 3.8) is 0 Å². The van der Waals surface area contributed by atoms with Crippen LogP contribution in [0.15, 0.2) is 48.9 Å². The second kappa shape index (κ2) is 5.13. The number of fused-ring (bicyclic) bond motifs is 1. The molecule has 0 bridgehead atoms. The van der Waals surface area contributed by atoms with Crippen LogP contribution in [0.1, 0.15) is 17.3 Å². The number of hydrogen-bond donors (Lipinski definition) is 0. The van der Waals surface area contributed by atoms with Crippen molar-refractivity contribution in [2.75, 3.05) is 0 Å². The molecule has 100 valence electrons. The molecule has 5 nitrogen and oxygen atoms in total. The molecule has 0 atom stereocenters. The van der Waals surface area contributed by atoms with Crippen molar-refractivity contribution in [1.82, 2.24) is 14.8 Å². The molecule has 3 rings (SSSR count). The lowest BCUT2D eigenvalue weighted by Gasteiger charge is -2.03. The fourth-order valence-electron chi connectivity index (χ4n) is 1.91. The first-order valence-electron chi connectivity index (χ1n) is 6.35. The Balaban J connectivity index is 1.83. The fraction of sp³-hybridized carbons (Fsp3) is 0.133. The number of carbonyl (C=O) groups excluding carboxylic acids is 1. The third-order valence-electron chi connectivity index (χ3n) is 2.97. The number of pyridine rings is 1. The molecule has 0 N–H and O–H groups in total. The maximum Gasteiger partial charge on any atom is 0.346 e. The molecule has 0 unspecified atom stereocenters. The highest BCUT2D eigenvalue weighted by Crippen LogP contribution is 2.18. The van der Waals surface area contributed by atoms with Gasteiger partial charge in [-0.2, -0.15) is 5.10 Å². The van der Waals surface area contributed by atoms with Crippen molar-refractivity contribution < 1.29 is 9.53 Å². The minimum absolute atomic E-state index is 0.429. The van der Waals surface area contributed by atoms with Crippen molar-refractivity contribution in [1.29, 1.82) is 0 Å². The number of rotatable bonds is 3. The van der Waals surface area contributed by atoms with Gasteiger partial charge in [0.15, 0.2) is 0 Å². The van der Waals surface area contributed by atoms with Crippen LogP contribution in [-0.2, 0) is 6.54 Å². The molecule has 1 aromatic carbocycles. The number of aryl methyl sites for hydroxylation is 1. The van der Waals surface area contributed by atoms with E-state index >= 15 is 0 Å². The molecule has 20 heavy (non-hydrogen) atoms. The second-order valence-electron chi connectivity index (χ2n) is 4.34. The van der Waals surface area contributed by atoms with Gasteiger partial charge in [-0.3, -0.25) is 9.67 Å². The number of carbonyl (C=O) groups is 1. The van der Waals surface area contributed by atoms with E-state index in [1.165, 1.54) is 6.20 Å². The Bertz CT molecular complexity index is 764. The van der Waals surface area contributed by atoms with Crippen LogP contribution in [0.3, 0.4) is 0 Å². The summed E-state index contributed by atoms with van der Waals surface area (Å²) >= 11 is 0. The molecule has 0 radical (unpaired) electrons. The molecule has 3 aromatic rings. The van der Waals surface area contributed by atoms with Gasteiger partial charge in [-0.1, -0.05) is 18.2 Å². The van der Waals surface area contributed by atoms with Crippen molar-refractivity contribution in [2.45, 2.75) is 13.5 Å². The van der Waals surface area contributed by atoms with Gasteiger partial charge in [0.2, 0.25) is 0 Å². The number of benzene rings is 1. The number of aromatic nitrogens is 3. The van der Waals surface area contributed by atoms with E-state index in [0.29, 0.717) is 17.9 Å². The van der Waals surface area contributed by atoms with E-state index in [4.69, 9.17) is 4.74 Å². The molecular weight excluding hydrogens is 254 g/mol. The van der Waals surface area contributed by atoms with Crippen molar-refractivity contribution >= 4 is 16.9 Å². The monoisotopic (exact) mass is 267 g/mol. The summed E-state index contributed by atoms with van der Waals surface area (Å²) in [4.78, 5) is 16.2. The first kappa shape index (κ1) is 12.3. The molecule has 2 heterocycles.